The van der Waals surface area contributed by atoms with Crippen LogP contribution in [0.1, 0.15) is 19.5 Å². The Hall–Kier alpha value is -2.30. The van der Waals surface area contributed by atoms with Gasteiger partial charge in [0.1, 0.15) is 0 Å². The summed E-state index contributed by atoms with van der Waals surface area (Å²) in [6, 6.07) is 9.65. The van der Waals surface area contributed by atoms with Gasteiger partial charge in [-0.15, -0.1) is 0 Å². The zero-order valence-corrected chi connectivity index (χ0v) is 11.2. The molecule has 0 radical (unpaired) electrons. The van der Waals surface area contributed by atoms with Crippen molar-refractivity contribution in [2.45, 2.75) is 26.9 Å². The molecule has 0 spiro atoms. The van der Waals surface area contributed by atoms with Gasteiger partial charge in [-0.1, -0.05) is 6.07 Å². The molecule has 0 aliphatic rings. The van der Waals surface area contributed by atoms with Gasteiger partial charge in [0.2, 0.25) is 5.91 Å². The number of aromatic nitrogens is 2. The van der Waals surface area contributed by atoms with E-state index in [1.165, 1.54) is 6.92 Å². The molecule has 1 aromatic heterocycles. The van der Waals surface area contributed by atoms with Gasteiger partial charge >= 0.3 is 0 Å². The first kappa shape index (κ1) is 13.1. The second-order valence-electron chi connectivity index (χ2n) is 4.25. The van der Waals surface area contributed by atoms with E-state index in [0.29, 0.717) is 6.54 Å². The summed E-state index contributed by atoms with van der Waals surface area (Å²) in [6.45, 7) is 5.13. The van der Waals surface area contributed by atoms with Crippen molar-refractivity contribution in [1.29, 1.82) is 0 Å². The van der Waals surface area contributed by atoms with Crippen LogP contribution in [0.5, 0.6) is 0 Å². The maximum atomic E-state index is 11.0. The van der Waals surface area contributed by atoms with Crippen LogP contribution in [0.2, 0.25) is 0 Å². The van der Waals surface area contributed by atoms with Gasteiger partial charge in [-0.2, -0.15) is 5.10 Å². The van der Waals surface area contributed by atoms with E-state index in [9.17, 15) is 4.79 Å². The molecular formula is C14H18N4O. The topological polar surface area (TPSA) is 59.0 Å². The molecule has 100 valence electrons. The Morgan fingerprint density at radius 1 is 1.32 bits per heavy atom. The molecule has 0 aliphatic heterocycles. The lowest BCUT2D eigenvalue weighted by Gasteiger charge is -2.09. The number of rotatable bonds is 5. The standard InChI is InChI=1S/C14H18N4O/c1-3-18-14(7-8-16-18)10-15-12-5-4-6-13(9-12)17-11(2)19/h4-9,15H,3,10H2,1-2H3,(H,17,19). The highest BCUT2D eigenvalue weighted by Gasteiger charge is 2.01. The van der Waals surface area contributed by atoms with Gasteiger partial charge in [-0.05, 0) is 31.2 Å². The Morgan fingerprint density at radius 2 is 2.11 bits per heavy atom. The van der Waals surface area contributed by atoms with Crippen LogP contribution < -0.4 is 10.6 Å². The fourth-order valence-corrected chi connectivity index (χ4v) is 1.90. The van der Waals surface area contributed by atoms with E-state index in [2.05, 4.69) is 22.7 Å². The predicted octanol–water partition coefficient (Wildman–Crippen LogP) is 2.47. The van der Waals surface area contributed by atoms with E-state index in [1.54, 1.807) is 6.20 Å². The third kappa shape index (κ3) is 3.58. The van der Waals surface area contributed by atoms with E-state index < -0.39 is 0 Å². The summed E-state index contributed by atoms with van der Waals surface area (Å²) in [5.74, 6) is -0.0683. The zero-order chi connectivity index (χ0) is 13.7. The molecule has 5 nitrogen and oxygen atoms in total. The zero-order valence-electron chi connectivity index (χ0n) is 11.2. The first-order valence-electron chi connectivity index (χ1n) is 6.31. The van der Waals surface area contributed by atoms with Crippen molar-refractivity contribution < 1.29 is 4.79 Å². The first-order valence-corrected chi connectivity index (χ1v) is 6.31. The SMILES string of the molecule is CCn1nccc1CNc1cccc(NC(C)=O)c1. The lowest BCUT2D eigenvalue weighted by atomic mass is 10.2. The maximum absolute atomic E-state index is 11.0. The average molecular weight is 258 g/mol. The third-order valence-electron chi connectivity index (χ3n) is 2.76. The molecule has 0 saturated carbocycles. The highest BCUT2D eigenvalue weighted by Crippen LogP contribution is 2.16. The largest absolute Gasteiger partial charge is 0.379 e. The van der Waals surface area contributed by atoms with E-state index >= 15 is 0 Å². The van der Waals surface area contributed by atoms with Gasteiger partial charge in [0.25, 0.3) is 0 Å². The Bertz CT molecular complexity index is 562. The molecule has 2 rings (SSSR count). The van der Waals surface area contributed by atoms with Crippen LogP contribution in [0.3, 0.4) is 0 Å². The van der Waals surface area contributed by atoms with Gasteiger partial charge < -0.3 is 10.6 Å². The fourth-order valence-electron chi connectivity index (χ4n) is 1.90. The van der Waals surface area contributed by atoms with Crippen molar-refractivity contribution in [3.8, 4) is 0 Å². The minimum absolute atomic E-state index is 0.0683. The van der Waals surface area contributed by atoms with Gasteiger partial charge in [0, 0.05) is 31.0 Å². The Balaban J connectivity index is 2.01. The van der Waals surface area contributed by atoms with E-state index in [0.717, 1.165) is 23.6 Å². The second kappa shape index (κ2) is 6.04. The molecule has 0 saturated heterocycles. The van der Waals surface area contributed by atoms with Crippen molar-refractivity contribution in [3.63, 3.8) is 0 Å². The number of carbonyl (C=O) groups is 1. The third-order valence-corrected chi connectivity index (χ3v) is 2.76. The molecule has 5 heteroatoms. The highest BCUT2D eigenvalue weighted by molar-refractivity contribution is 5.89. The van der Waals surface area contributed by atoms with Crippen LogP contribution in [-0.4, -0.2) is 15.7 Å². The molecule has 2 aromatic rings. The smallest absolute Gasteiger partial charge is 0.221 e. The number of aryl methyl sites for hydroxylation is 1. The number of benzene rings is 1. The molecule has 0 bridgehead atoms. The van der Waals surface area contributed by atoms with Crippen LogP contribution in [0.4, 0.5) is 11.4 Å². The van der Waals surface area contributed by atoms with Crippen LogP contribution in [-0.2, 0) is 17.9 Å². The summed E-state index contributed by atoms with van der Waals surface area (Å²) >= 11 is 0. The lowest BCUT2D eigenvalue weighted by Crippen LogP contribution is -2.09. The summed E-state index contributed by atoms with van der Waals surface area (Å²) in [7, 11) is 0. The van der Waals surface area contributed by atoms with Crippen molar-refractivity contribution in [3.05, 3.63) is 42.2 Å². The number of nitrogens with zero attached hydrogens (tertiary/aromatic N) is 2. The van der Waals surface area contributed by atoms with Gasteiger partial charge in [-0.3, -0.25) is 9.48 Å². The van der Waals surface area contributed by atoms with E-state index in [1.807, 2.05) is 35.0 Å². The van der Waals surface area contributed by atoms with Crippen LogP contribution in [0, 0.1) is 0 Å². The predicted molar refractivity (Wildman–Crippen MR) is 76.0 cm³/mol. The number of hydrogen-bond acceptors (Lipinski definition) is 3. The van der Waals surface area contributed by atoms with Crippen LogP contribution in [0.15, 0.2) is 36.5 Å². The van der Waals surface area contributed by atoms with Crippen molar-refractivity contribution in [1.82, 2.24) is 9.78 Å². The van der Waals surface area contributed by atoms with Gasteiger partial charge in [0.15, 0.2) is 0 Å². The fraction of sp³-hybridized carbons (Fsp3) is 0.286. The average Bonchev–Trinajstić information content (AvgIpc) is 2.83. The molecule has 0 fully saturated rings. The molecule has 1 amide bonds. The lowest BCUT2D eigenvalue weighted by molar-refractivity contribution is -0.114. The van der Waals surface area contributed by atoms with Crippen molar-refractivity contribution in [2.75, 3.05) is 10.6 Å². The normalized spacial score (nSPS) is 10.2. The summed E-state index contributed by atoms with van der Waals surface area (Å²) in [4.78, 5) is 11.0. The van der Waals surface area contributed by atoms with E-state index in [-0.39, 0.29) is 5.91 Å². The quantitative estimate of drug-likeness (QED) is 0.866. The minimum Gasteiger partial charge on any atom is -0.379 e. The molecule has 2 N–H and O–H groups in total. The number of nitrogens with one attached hydrogen (secondary N) is 2. The van der Waals surface area contributed by atoms with Crippen LogP contribution >= 0.6 is 0 Å². The Labute approximate surface area is 112 Å². The number of carbonyl (C=O) groups excluding carboxylic acids is 1. The molecule has 19 heavy (non-hydrogen) atoms. The maximum Gasteiger partial charge on any atom is 0.221 e. The number of amides is 1. The summed E-state index contributed by atoms with van der Waals surface area (Å²) in [6.07, 6.45) is 1.80. The molecule has 1 heterocycles. The van der Waals surface area contributed by atoms with Crippen molar-refractivity contribution >= 4 is 17.3 Å². The minimum atomic E-state index is -0.0683. The Morgan fingerprint density at radius 3 is 2.84 bits per heavy atom. The molecule has 0 unspecified atom stereocenters. The first-order chi connectivity index (χ1) is 9.19. The molecular weight excluding hydrogens is 240 g/mol. The summed E-state index contributed by atoms with van der Waals surface area (Å²) in [5, 5.41) is 10.3. The second-order valence-corrected chi connectivity index (χ2v) is 4.25. The van der Waals surface area contributed by atoms with Crippen molar-refractivity contribution in [2.24, 2.45) is 0 Å². The molecule has 1 aromatic carbocycles. The van der Waals surface area contributed by atoms with Gasteiger partial charge in [0.05, 0.1) is 12.2 Å². The Kier molecular flexibility index (Phi) is 4.18. The molecule has 0 aliphatic carbocycles. The monoisotopic (exact) mass is 258 g/mol. The number of anilines is 2. The highest BCUT2D eigenvalue weighted by atomic mass is 16.1. The number of hydrogen-bond donors (Lipinski definition) is 2. The van der Waals surface area contributed by atoms with Gasteiger partial charge in [-0.25, -0.2) is 0 Å². The van der Waals surface area contributed by atoms with E-state index in [4.69, 9.17) is 0 Å². The summed E-state index contributed by atoms with van der Waals surface area (Å²) in [5.41, 5.74) is 2.89. The molecule has 0 atom stereocenters. The summed E-state index contributed by atoms with van der Waals surface area (Å²) < 4.78 is 1.95. The van der Waals surface area contributed by atoms with Crippen LogP contribution in [0.25, 0.3) is 0 Å².